The average molecular weight is 443 g/mol. The predicted molar refractivity (Wildman–Crippen MR) is 126 cm³/mol. The lowest BCUT2D eigenvalue weighted by Crippen LogP contribution is -2.62. The maximum Gasteiger partial charge on any atom is 0.163 e. The Labute approximate surface area is 191 Å². The maximum absolute atomic E-state index is 14.0. The zero-order valence-corrected chi connectivity index (χ0v) is 19.8. The standard InChI is InChI=1S/C27H35ClO3/c1-6-25(4)15-21(29)26(5)16(2)11-12-27(17(3)24(25)31)14-19(22(30)23(26)27)13-18-7-9-20(28)10-8-18/h6-10,13,16-17,21,23-24,29,31H,1,11-12,14-15H2,2-5H3/b19-13+/t16-,17+,21-,23+,24+,25-,26+,27+/m1/s1. The maximum atomic E-state index is 14.0. The number of Topliss-reactive ketones (excluding diaryl/α,β-unsaturated/α-hetero) is 1. The second-order valence-electron chi connectivity index (χ2n) is 10.9. The summed E-state index contributed by atoms with van der Waals surface area (Å²) in [4.78, 5) is 14.0. The summed E-state index contributed by atoms with van der Waals surface area (Å²) in [5.41, 5.74) is 0.267. The van der Waals surface area contributed by atoms with Gasteiger partial charge < -0.3 is 10.2 Å². The summed E-state index contributed by atoms with van der Waals surface area (Å²) in [6.45, 7) is 12.4. The molecule has 0 unspecified atom stereocenters. The van der Waals surface area contributed by atoms with Crippen molar-refractivity contribution in [2.45, 2.75) is 65.6 Å². The molecule has 168 valence electrons. The second-order valence-corrected chi connectivity index (χ2v) is 11.3. The SMILES string of the molecule is C=C[C@]1(C)C[C@@H](O)[C@]2(C)[C@H](C)CC[C@]3(C/C(=C\c4ccc(Cl)cc4)C(=O)[C@H]32)[C@@H](C)[C@@H]1O. The molecule has 8 atom stereocenters. The summed E-state index contributed by atoms with van der Waals surface area (Å²) in [5.74, 6) is -0.0171. The summed E-state index contributed by atoms with van der Waals surface area (Å²) in [6.07, 6.45) is 5.33. The lowest BCUT2D eigenvalue weighted by Gasteiger charge is -2.61. The first kappa shape index (κ1) is 22.8. The number of aliphatic hydroxyl groups excluding tert-OH is 2. The molecule has 0 radical (unpaired) electrons. The third kappa shape index (κ3) is 3.19. The lowest BCUT2D eigenvalue weighted by atomic mass is 9.44. The van der Waals surface area contributed by atoms with Gasteiger partial charge in [0.2, 0.25) is 0 Å². The van der Waals surface area contributed by atoms with Gasteiger partial charge in [0.25, 0.3) is 0 Å². The average Bonchev–Trinajstić information content (AvgIpc) is 3.04. The van der Waals surface area contributed by atoms with Crippen molar-refractivity contribution in [2.75, 3.05) is 0 Å². The van der Waals surface area contributed by atoms with Gasteiger partial charge in [-0.25, -0.2) is 0 Å². The van der Waals surface area contributed by atoms with Crippen molar-refractivity contribution < 1.29 is 15.0 Å². The van der Waals surface area contributed by atoms with E-state index < -0.39 is 23.0 Å². The van der Waals surface area contributed by atoms with Gasteiger partial charge in [-0.05, 0) is 72.3 Å². The Bertz CT molecular complexity index is 921. The number of halogens is 1. The number of rotatable bonds is 2. The van der Waals surface area contributed by atoms with Crippen LogP contribution in [0.5, 0.6) is 0 Å². The van der Waals surface area contributed by atoms with Crippen LogP contribution in [0.3, 0.4) is 0 Å². The molecule has 0 spiro atoms. The molecule has 3 aliphatic rings. The molecule has 2 N–H and O–H groups in total. The number of ketones is 1. The van der Waals surface area contributed by atoms with Crippen molar-refractivity contribution in [1.82, 2.24) is 0 Å². The summed E-state index contributed by atoms with van der Waals surface area (Å²) in [6, 6.07) is 7.53. The molecule has 0 aromatic heterocycles. The molecule has 4 rings (SSSR count). The summed E-state index contributed by atoms with van der Waals surface area (Å²) < 4.78 is 0. The molecule has 3 nitrogen and oxygen atoms in total. The van der Waals surface area contributed by atoms with E-state index in [-0.39, 0.29) is 29.0 Å². The zero-order valence-electron chi connectivity index (χ0n) is 19.1. The monoisotopic (exact) mass is 442 g/mol. The molecule has 3 aliphatic carbocycles. The van der Waals surface area contributed by atoms with Crippen molar-refractivity contribution in [3.05, 3.63) is 53.1 Å². The highest BCUT2D eigenvalue weighted by molar-refractivity contribution is 6.30. The summed E-state index contributed by atoms with van der Waals surface area (Å²) >= 11 is 6.04. The van der Waals surface area contributed by atoms with Gasteiger partial charge in [0.15, 0.2) is 5.78 Å². The molecule has 31 heavy (non-hydrogen) atoms. The highest BCUT2D eigenvalue weighted by Crippen LogP contribution is 2.68. The van der Waals surface area contributed by atoms with E-state index in [1.165, 1.54) is 0 Å². The third-order valence-corrected chi connectivity index (χ3v) is 9.74. The van der Waals surface area contributed by atoms with E-state index >= 15 is 0 Å². The first-order chi connectivity index (χ1) is 14.5. The van der Waals surface area contributed by atoms with Crippen LogP contribution in [-0.4, -0.2) is 28.2 Å². The van der Waals surface area contributed by atoms with Crippen LogP contribution >= 0.6 is 11.6 Å². The molecule has 3 fully saturated rings. The van der Waals surface area contributed by atoms with Crippen molar-refractivity contribution >= 4 is 23.5 Å². The lowest BCUT2D eigenvalue weighted by molar-refractivity contribution is -0.191. The Morgan fingerprint density at radius 3 is 2.42 bits per heavy atom. The van der Waals surface area contributed by atoms with E-state index in [0.717, 1.165) is 24.0 Å². The van der Waals surface area contributed by atoms with E-state index in [4.69, 9.17) is 11.6 Å². The number of allylic oxidation sites excluding steroid dienone is 1. The molecule has 0 amide bonds. The topological polar surface area (TPSA) is 57.5 Å². The Morgan fingerprint density at radius 1 is 1.16 bits per heavy atom. The first-order valence-electron chi connectivity index (χ1n) is 11.5. The van der Waals surface area contributed by atoms with E-state index in [2.05, 4.69) is 27.4 Å². The fourth-order valence-corrected chi connectivity index (χ4v) is 7.23. The van der Waals surface area contributed by atoms with Gasteiger partial charge in [-0.2, -0.15) is 0 Å². The Hall–Kier alpha value is -1.42. The third-order valence-electron chi connectivity index (χ3n) is 9.48. The summed E-state index contributed by atoms with van der Waals surface area (Å²) in [5, 5.41) is 23.7. The zero-order chi connectivity index (χ0) is 22.8. The quantitative estimate of drug-likeness (QED) is 0.457. The fourth-order valence-electron chi connectivity index (χ4n) is 7.11. The van der Waals surface area contributed by atoms with Gasteiger partial charge in [0.05, 0.1) is 12.2 Å². The van der Waals surface area contributed by atoms with E-state index in [1.54, 1.807) is 6.08 Å². The van der Waals surface area contributed by atoms with Crippen molar-refractivity contribution in [3.63, 3.8) is 0 Å². The molecule has 0 saturated heterocycles. The van der Waals surface area contributed by atoms with Gasteiger partial charge in [0, 0.05) is 21.8 Å². The van der Waals surface area contributed by atoms with E-state index in [9.17, 15) is 15.0 Å². The van der Waals surface area contributed by atoms with Crippen molar-refractivity contribution in [3.8, 4) is 0 Å². The molecule has 1 aromatic carbocycles. The van der Waals surface area contributed by atoms with Gasteiger partial charge in [-0.15, -0.1) is 6.58 Å². The van der Waals surface area contributed by atoms with Crippen LogP contribution in [0.1, 0.15) is 58.9 Å². The van der Waals surface area contributed by atoms with Crippen LogP contribution in [0, 0.1) is 34.0 Å². The van der Waals surface area contributed by atoms with Crippen LogP contribution in [0.25, 0.3) is 6.08 Å². The molecule has 2 bridgehead atoms. The van der Waals surface area contributed by atoms with Crippen LogP contribution in [0.2, 0.25) is 5.02 Å². The van der Waals surface area contributed by atoms with Gasteiger partial charge in [0.1, 0.15) is 0 Å². The molecule has 4 heteroatoms. The molecule has 3 saturated carbocycles. The van der Waals surface area contributed by atoms with Crippen molar-refractivity contribution in [2.24, 2.45) is 34.0 Å². The minimum absolute atomic E-state index is 0.0834. The van der Waals surface area contributed by atoms with E-state index in [1.807, 2.05) is 37.3 Å². The van der Waals surface area contributed by atoms with Crippen molar-refractivity contribution in [1.29, 1.82) is 0 Å². The number of hydrogen-bond acceptors (Lipinski definition) is 3. The predicted octanol–water partition coefficient (Wildman–Crippen LogP) is 5.69. The second kappa shape index (κ2) is 7.57. The molecule has 0 heterocycles. The van der Waals surface area contributed by atoms with Gasteiger partial charge in [-0.3, -0.25) is 4.79 Å². The highest BCUT2D eigenvalue weighted by Gasteiger charge is 2.68. The number of benzene rings is 1. The van der Waals surface area contributed by atoms with Gasteiger partial charge >= 0.3 is 0 Å². The number of carbonyl (C=O) groups excluding carboxylic acids is 1. The molecular formula is C27H35ClO3. The van der Waals surface area contributed by atoms with Crippen LogP contribution in [0.15, 0.2) is 42.5 Å². The largest absolute Gasteiger partial charge is 0.392 e. The minimum atomic E-state index is -0.684. The normalized spacial score (nSPS) is 46.4. The number of carbonyl (C=O) groups is 1. The Balaban J connectivity index is 1.89. The highest BCUT2D eigenvalue weighted by atomic mass is 35.5. The smallest absolute Gasteiger partial charge is 0.163 e. The number of hydrogen-bond donors (Lipinski definition) is 2. The minimum Gasteiger partial charge on any atom is -0.392 e. The molecule has 1 aromatic rings. The van der Waals surface area contributed by atoms with E-state index in [0.29, 0.717) is 17.9 Å². The Kier molecular flexibility index (Phi) is 5.56. The number of aliphatic hydroxyl groups is 2. The van der Waals surface area contributed by atoms with Gasteiger partial charge in [-0.1, -0.05) is 57.5 Å². The summed E-state index contributed by atoms with van der Waals surface area (Å²) in [7, 11) is 0. The molecular weight excluding hydrogens is 408 g/mol. The van der Waals surface area contributed by atoms with Crippen LogP contribution in [0.4, 0.5) is 0 Å². The first-order valence-corrected chi connectivity index (χ1v) is 11.9. The Morgan fingerprint density at radius 2 is 1.81 bits per heavy atom. The fraction of sp³-hybridized carbons (Fsp3) is 0.593. The van der Waals surface area contributed by atoms with Crippen LogP contribution < -0.4 is 0 Å². The molecule has 0 aliphatic heterocycles. The van der Waals surface area contributed by atoms with Crippen LogP contribution in [-0.2, 0) is 4.79 Å².